The monoisotopic (exact) mass is 447 g/mol. The van der Waals surface area contributed by atoms with Crippen LogP contribution in [0.2, 0.25) is 0 Å². The summed E-state index contributed by atoms with van der Waals surface area (Å²) < 4.78 is 17.0. The molecule has 0 bridgehead atoms. The number of aryl methyl sites for hydroxylation is 1. The number of carbonyl (C=O) groups excluding carboxylic acids is 1. The van der Waals surface area contributed by atoms with Crippen molar-refractivity contribution < 1.29 is 19.0 Å². The highest BCUT2D eigenvalue weighted by atomic mass is 16.6. The zero-order valence-corrected chi connectivity index (χ0v) is 18.4. The smallest absolute Gasteiger partial charge is 0.321 e. The average Bonchev–Trinajstić information content (AvgIpc) is 2.84. The topological polar surface area (TPSA) is 89.1 Å². The first-order chi connectivity index (χ1) is 16.1. The van der Waals surface area contributed by atoms with Crippen LogP contribution in [-0.2, 0) is 0 Å². The predicted octanol–water partition coefficient (Wildman–Crippen LogP) is 3.70. The van der Waals surface area contributed by atoms with E-state index in [1.807, 2.05) is 55.5 Å². The highest BCUT2D eigenvalue weighted by Gasteiger charge is 2.23. The van der Waals surface area contributed by atoms with Gasteiger partial charge in [0.05, 0.1) is 0 Å². The van der Waals surface area contributed by atoms with E-state index < -0.39 is 0 Å². The van der Waals surface area contributed by atoms with Crippen LogP contribution in [0.15, 0.2) is 54.6 Å². The number of anilines is 2. The number of rotatable bonds is 4. The number of hydrogen-bond donors (Lipinski definition) is 1. The van der Waals surface area contributed by atoms with Gasteiger partial charge in [-0.1, -0.05) is 18.2 Å². The largest absolute Gasteiger partial charge is 0.486 e. The lowest BCUT2D eigenvalue weighted by atomic mass is 10.2. The molecule has 0 aliphatic carbocycles. The van der Waals surface area contributed by atoms with Crippen molar-refractivity contribution >= 4 is 17.5 Å². The highest BCUT2D eigenvalue weighted by molar-refractivity contribution is 5.90. The van der Waals surface area contributed by atoms with Crippen LogP contribution in [0.25, 0.3) is 0 Å². The summed E-state index contributed by atoms with van der Waals surface area (Å²) in [5, 5.41) is 2.95. The molecule has 2 aromatic carbocycles. The standard InChI is InChI=1S/C24H25N5O4/c1-17-25-22(16-23(26-17)33-19-5-3-2-4-6-19)28-9-11-29(12-10-28)24(30)27-18-7-8-20-21(15-18)32-14-13-31-20/h2-8,15-16H,9-14H2,1H3,(H,27,30). The first kappa shape index (κ1) is 20.9. The van der Waals surface area contributed by atoms with E-state index in [9.17, 15) is 4.79 Å². The van der Waals surface area contributed by atoms with E-state index in [4.69, 9.17) is 14.2 Å². The van der Waals surface area contributed by atoms with Crippen molar-refractivity contribution in [2.24, 2.45) is 0 Å². The molecule has 1 fully saturated rings. The number of carbonyl (C=O) groups is 1. The first-order valence-corrected chi connectivity index (χ1v) is 10.9. The summed E-state index contributed by atoms with van der Waals surface area (Å²) in [6, 6.07) is 16.7. The van der Waals surface area contributed by atoms with E-state index in [0.29, 0.717) is 68.3 Å². The summed E-state index contributed by atoms with van der Waals surface area (Å²) in [5.41, 5.74) is 0.681. The Morgan fingerprint density at radius 3 is 2.48 bits per heavy atom. The van der Waals surface area contributed by atoms with Crippen molar-refractivity contribution in [1.29, 1.82) is 0 Å². The van der Waals surface area contributed by atoms with Crippen LogP contribution >= 0.6 is 0 Å². The first-order valence-electron chi connectivity index (χ1n) is 10.9. The number of fused-ring (bicyclic) bond motifs is 1. The second kappa shape index (κ2) is 9.23. The van der Waals surface area contributed by atoms with Gasteiger partial charge in [0.2, 0.25) is 5.88 Å². The third kappa shape index (κ3) is 4.92. The zero-order valence-electron chi connectivity index (χ0n) is 18.4. The number of ether oxygens (including phenoxy) is 3. The van der Waals surface area contributed by atoms with Crippen molar-refractivity contribution in [2.45, 2.75) is 6.92 Å². The molecule has 0 saturated carbocycles. The third-order valence-electron chi connectivity index (χ3n) is 5.45. The molecular formula is C24H25N5O4. The molecule has 0 atom stereocenters. The van der Waals surface area contributed by atoms with E-state index >= 15 is 0 Å². The second-order valence-electron chi connectivity index (χ2n) is 7.79. The van der Waals surface area contributed by atoms with Crippen LogP contribution in [0.3, 0.4) is 0 Å². The molecule has 0 radical (unpaired) electrons. The maximum atomic E-state index is 12.8. The van der Waals surface area contributed by atoms with Gasteiger partial charge in [0.25, 0.3) is 0 Å². The molecule has 33 heavy (non-hydrogen) atoms. The summed E-state index contributed by atoms with van der Waals surface area (Å²) in [4.78, 5) is 25.7. The van der Waals surface area contributed by atoms with Crippen LogP contribution < -0.4 is 24.4 Å². The molecule has 9 nitrogen and oxygen atoms in total. The minimum Gasteiger partial charge on any atom is -0.486 e. The fraction of sp³-hybridized carbons (Fsp3) is 0.292. The Labute approximate surface area is 191 Å². The van der Waals surface area contributed by atoms with Gasteiger partial charge in [-0.3, -0.25) is 0 Å². The molecule has 2 aliphatic rings. The third-order valence-corrected chi connectivity index (χ3v) is 5.45. The van der Waals surface area contributed by atoms with Gasteiger partial charge in [-0.2, -0.15) is 4.98 Å². The number of hydrogen-bond acceptors (Lipinski definition) is 7. The van der Waals surface area contributed by atoms with Gasteiger partial charge in [0.1, 0.15) is 30.6 Å². The quantitative estimate of drug-likeness (QED) is 0.652. The lowest BCUT2D eigenvalue weighted by Gasteiger charge is -2.35. The van der Waals surface area contributed by atoms with Crippen LogP contribution in [0, 0.1) is 6.92 Å². The normalized spacial score (nSPS) is 15.2. The number of nitrogens with one attached hydrogen (secondary N) is 1. The predicted molar refractivity (Wildman–Crippen MR) is 124 cm³/mol. The Morgan fingerprint density at radius 1 is 0.939 bits per heavy atom. The maximum Gasteiger partial charge on any atom is 0.321 e. The van der Waals surface area contributed by atoms with Gasteiger partial charge >= 0.3 is 6.03 Å². The number of nitrogens with zero attached hydrogens (tertiary/aromatic N) is 4. The summed E-state index contributed by atoms with van der Waals surface area (Å²) in [6.07, 6.45) is 0. The van der Waals surface area contributed by atoms with E-state index in [1.54, 1.807) is 11.0 Å². The number of aromatic nitrogens is 2. The molecule has 5 rings (SSSR count). The Hall–Kier alpha value is -4.01. The van der Waals surface area contributed by atoms with Gasteiger partial charge in [-0.25, -0.2) is 9.78 Å². The molecule has 3 aromatic rings. The molecule has 1 saturated heterocycles. The van der Waals surface area contributed by atoms with Crippen molar-refractivity contribution in [2.75, 3.05) is 49.6 Å². The van der Waals surface area contributed by atoms with Crippen LogP contribution in [0.5, 0.6) is 23.1 Å². The van der Waals surface area contributed by atoms with Gasteiger partial charge in [-0.15, -0.1) is 0 Å². The molecule has 0 unspecified atom stereocenters. The van der Waals surface area contributed by atoms with Crippen molar-refractivity contribution in [1.82, 2.24) is 14.9 Å². The van der Waals surface area contributed by atoms with Gasteiger partial charge in [0.15, 0.2) is 11.5 Å². The van der Waals surface area contributed by atoms with E-state index in [1.165, 1.54) is 0 Å². The summed E-state index contributed by atoms with van der Waals surface area (Å²) in [7, 11) is 0. The molecule has 0 spiro atoms. The lowest BCUT2D eigenvalue weighted by Crippen LogP contribution is -2.50. The summed E-state index contributed by atoms with van der Waals surface area (Å²) in [5.74, 6) is 4.00. The molecular weight excluding hydrogens is 422 g/mol. The summed E-state index contributed by atoms with van der Waals surface area (Å²) in [6.45, 7) is 5.37. The van der Waals surface area contributed by atoms with Crippen molar-refractivity contribution in [3.63, 3.8) is 0 Å². The molecule has 1 aromatic heterocycles. The maximum absolute atomic E-state index is 12.8. The lowest BCUT2D eigenvalue weighted by molar-refractivity contribution is 0.171. The highest BCUT2D eigenvalue weighted by Crippen LogP contribution is 2.32. The van der Waals surface area contributed by atoms with Gasteiger partial charge in [0, 0.05) is 44.0 Å². The van der Waals surface area contributed by atoms with Crippen LogP contribution in [0.1, 0.15) is 5.82 Å². The Morgan fingerprint density at radius 2 is 1.70 bits per heavy atom. The minimum absolute atomic E-state index is 0.140. The number of para-hydroxylation sites is 1. The summed E-state index contributed by atoms with van der Waals surface area (Å²) >= 11 is 0. The number of piperazine rings is 1. The fourth-order valence-corrected chi connectivity index (χ4v) is 3.81. The van der Waals surface area contributed by atoms with Crippen LogP contribution in [0.4, 0.5) is 16.3 Å². The molecule has 3 heterocycles. The van der Waals surface area contributed by atoms with Crippen molar-refractivity contribution in [3.05, 3.63) is 60.4 Å². The number of urea groups is 1. The van der Waals surface area contributed by atoms with Crippen LogP contribution in [-0.4, -0.2) is 60.3 Å². The fourth-order valence-electron chi connectivity index (χ4n) is 3.81. The Balaban J connectivity index is 1.20. The van der Waals surface area contributed by atoms with E-state index in [-0.39, 0.29) is 6.03 Å². The Bertz CT molecular complexity index is 1130. The molecule has 170 valence electrons. The van der Waals surface area contributed by atoms with E-state index in [0.717, 1.165) is 11.6 Å². The van der Waals surface area contributed by atoms with Gasteiger partial charge < -0.3 is 29.3 Å². The average molecular weight is 447 g/mol. The molecule has 2 aliphatic heterocycles. The number of benzene rings is 2. The molecule has 2 amide bonds. The van der Waals surface area contributed by atoms with Crippen molar-refractivity contribution in [3.8, 4) is 23.1 Å². The Kier molecular flexibility index (Phi) is 5.84. The van der Waals surface area contributed by atoms with Gasteiger partial charge in [-0.05, 0) is 31.2 Å². The number of amides is 2. The SMILES string of the molecule is Cc1nc(Oc2ccccc2)cc(N2CCN(C(=O)Nc3ccc4c(c3)OCCO4)CC2)n1. The molecule has 1 N–H and O–H groups in total. The molecule has 9 heteroatoms. The van der Waals surface area contributed by atoms with E-state index in [2.05, 4.69) is 20.2 Å². The minimum atomic E-state index is -0.140. The second-order valence-corrected chi connectivity index (χ2v) is 7.79. The zero-order chi connectivity index (χ0) is 22.6.